The zero-order valence-corrected chi connectivity index (χ0v) is 41.6. The van der Waals surface area contributed by atoms with E-state index in [0.29, 0.717) is 47.3 Å². The van der Waals surface area contributed by atoms with Crippen LogP contribution in [0.1, 0.15) is 127 Å². The Balaban J connectivity index is 1.29. The van der Waals surface area contributed by atoms with Crippen LogP contribution in [0.2, 0.25) is 0 Å². The van der Waals surface area contributed by atoms with E-state index < -0.39 is 59.5 Å². The first-order valence-electron chi connectivity index (χ1n) is 24.0. The summed E-state index contributed by atoms with van der Waals surface area (Å²) in [6, 6.07) is 29.1. The van der Waals surface area contributed by atoms with Crippen molar-refractivity contribution in [2.75, 3.05) is 20.4 Å². The number of hydroxylamine groups is 2. The topological polar surface area (TPSA) is 229 Å². The summed E-state index contributed by atoms with van der Waals surface area (Å²) < 4.78 is 22.8. The number of hydrogen-bond acceptors (Lipinski definition) is 12. The van der Waals surface area contributed by atoms with Crippen LogP contribution in [0.25, 0.3) is 11.3 Å². The molecule has 4 N–H and O–H groups in total. The van der Waals surface area contributed by atoms with Crippen LogP contribution in [0, 0.1) is 5.92 Å². The Kier molecular flexibility index (Phi) is 20.5. The lowest BCUT2D eigenvalue weighted by Crippen LogP contribution is -2.58. The normalized spacial score (nSPS) is 12.6. The molecule has 3 atom stereocenters. The Labute approximate surface area is 419 Å². The van der Waals surface area contributed by atoms with Gasteiger partial charge in [-0.25, -0.2) is 9.59 Å². The van der Waals surface area contributed by atoms with Crippen molar-refractivity contribution >= 4 is 42.0 Å². The van der Waals surface area contributed by atoms with Crippen LogP contribution >= 0.6 is 0 Å². The Morgan fingerprint density at radius 2 is 1.50 bits per heavy atom. The van der Waals surface area contributed by atoms with Gasteiger partial charge in [-0.2, -0.15) is 5.06 Å². The minimum absolute atomic E-state index is 0.00946. The third-order valence-corrected chi connectivity index (χ3v) is 12.0. The fourth-order valence-corrected chi connectivity index (χ4v) is 8.28. The maximum Gasteiger partial charge on any atom is 0.363 e. The highest BCUT2D eigenvalue weighted by Crippen LogP contribution is 2.32. The Morgan fingerprint density at radius 1 is 0.806 bits per heavy atom. The first kappa shape index (κ1) is 55.0. The summed E-state index contributed by atoms with van der Waals surface area (Å²) in [5.41, 5.74) is 0.554. The molecule has 1 heterocycles. The predicted molar refractivity (Wildman–Crippen MR) is 267 cm³/mol. The highest BCUT2D eigenvalue weighted by Gasteiger charge is 2.45. The molecule has 0 aliphatic heterocycles. The first-order chi connectivity index (χ1) is 34.7. The summed E-state index contributed by atoms with van der Waals surface area (Å²) in [5, 5.41) is 19.1. The van der Waals surface area contributed by atoms with E-state index >= 15 is 0 Å². The minimum atomic E-state index is -2.03. The lowest BCUT2D eigenvalue weighted by Gasteiger charge is -2.32. The van der Waals surface area contributed by atoms with Crippen molar-refractivity contribution in [1.29, 1.82) is 0 Å². The molecule has 0 spiro atoms. The number of amides is 4. The van der Waals surface area contributed by atoms with Crippen LogP contribution in [0.15, 0.2) is 114 Å². The molecule has 0 aliphatic carbocycles. The van der Waals surface area contributed by atoms with Gasteiger partial charge in [-0.15, -0.1) is 0 Å². The standard InChI is InChI=1S/C55H64N4O13/c1-7-10-13-22-42(45(8-2)59(35-60)72-53(66)41-26-24-40(68-6)30-44(41)36(4)5)50(63)56-34-57-52(65)47-28-27-46(71-47)39-23-25-43(48(29-39)69-9-3)51(64)58-55(32-49(61)62,31-37-18-14-11-15-19-37)54(67)70-33-38-20-16-12-17-21-38/h11-12,14-21,23-30,35-36,42,45H,7-10,13,22,31-34H2,1-6H3,(H,56,63)(H,57,65)(H,58,64)(H,61,62)/t42?,45-,55?/m1/s1. The maximum atomic E-state index is 14.2. The number of methoxy groups -OCH3 is 1. The van der Waals surface area contributed by atoms with Gasteiger partial charge in [-0.3, -0.25) is 24.0 Å². The van der Waals surface area contributed by atoms with E-state index in [1.165, 1.54) is 25.3 Å². The number of ether oxygens (including phenoxy) is 3. The number of esters is 1. The number of benzene rings is 4. The number of aliphatic carboxylic acids is 1. The lowest BCUT2D eigenvalue weighted by atomic mass is 9.86. The van der Waals surface area contributed by atoms with Gasteiger partial charge in [0.15, 0.2) is 11.3 Å². The molecule has 0 aliphatic rings. The number of carbonyl (C=O) groups is 7. The monoisotopic (exact) mass is 988 g/mol. The molecule has 0 saturated carbocycles. The predicted octanol–water partition coefficient (Wildman–Crippen LogP) is 8.42. The average molecular weight is 989 g/mol. The zero-order chi connectivity index (χ0) is 52.2. The first-order valence-corrected chi connectivity index (χ1v) is 24.0. The number of carboxylic acids is 1. The van der Waals surface area contributed by atoms with Gasteiger partial charge in [-0.05, 0) is 84.8 Å². The molecule has 382 valence electrons. The number of unbranched alkanes of at least 4 members (excludes halogenated alkanes) is 2. The van der Waals surface area contributed by atoms with E-state index in [1.54, 1.807) is 105 Å². The van der Waals surface area contributed by atoms with Gasteiger partial charge in [-0.1, -0.05) is 114 Å². The van der Waals surface area contributed by atoms with E-state index in [9.17, 15) is 38.7 Å². The summed E-state index contributed by atoms with van der Waals surface area (Å²) in [6.07, 6.45) is 2.41. The average Bonchev–Trinajstić information content (AvgIpc) is 3.88. The van der Waals surface area contributed by atoms with Gasteiger partial charge in [0.05, 0.1) is 49.9 Å². The third kappa shape index (κ3) is 14.8. The minimum Gasteiger partial charge on any atom is -0.497 e. The molecule has 0 radical (unpaired) electrons. The van der Waals surface area contributed by atoms with Gasteiger partial charge in [0.2, 0.25) is 12.3 Å². The van der Waals surface area contributed by atoms with Crippen molar-refractivity contribution in [1.82, 2.24) is 21.0 Å². The van der Waals surface area contributed by atoms with Crippen molar-refractivity contribution in [3.05, 3.63) is 143 Å². The van der Waals surface area contributed by atoms with Gasteiger partial charge in [0.25, 0.3) is 11.8 Å². The molecule has 72 heavy (non-hydrogen) atoms. The van der Waals surface area contributed by atoms with E-state index in [-0.39, 0.29) is 67.0 Å². The van der Waals surface area contributed by atoms with Crippen LogP contribution in [-0.2, 0) is 41.8 Å². The van der Waals surface area contributed by atoms with Crippen LogP contribution in [-0.4, -0.2) is 84.2 Å². The summed E-state index contributed by atoms with van der Waals surface area (Å²) in [7, 11) is 1.52. The fourth-order valence-electron chi connectivity index (χ4n) is 8.28. The third-order valence-electron chi connectivity index (χ3n) is 12.0. The van der Waals surface area contributed by atoms with Crippen molar-refractivity contribution in [2.24, 2.45) is 5.92 Å². The number of furan rings is 1. The number of hydrogen-bond donors (Lipinski definition) is 4. The summed E-state index contributed by atoms with van der Waals surface area (Å²) in [4.78, 5) is 99.5. The van der Waals surface area contributed by atoms with Crippen LogP contribution in [0.3, 0.4) is 0 Å². The van der Waals surface area contributed by atoms with Crippen LogP contribution in [0.4, 0.5) is 0 Å². The molecule has 0 bridgehead atoms. The largest absolute Gasteiger partial charge is 0.497 e. The second-order valence-electron chi connectivity index (χ2n) is 17.4. The Morgan fingerprint density at radius 3 is 2.12 bits per heavy atom. The Hall–Kier alpha value is -7.95. The maximum absolute atomic E-state index is 14.2. The number of carboxylic acid groups (broad SMARTS) is 1. The number of carbonyl (C=O) groups excluding carboxylic acids is 6. The molecule has 4 amide bonds. The Bertz CT molecular complexity index is 2630. The highest BCUT2D eigenvalue weighted by molar-refractivity contribution is 6.02. The van der Waals surface area contributed by atoms with E-state index in [4.69, 9.17) is 23.5 Å². The van der Waals surface area contributed by atoms with E-state index in [2.05, 4.69) is 16.0 Å². The van der Waals surface area contributed by atoms with Crippen LogP contribution < -0.4 is 25.4 Å². The number of nitrogens with one attached hydrogen (secondary N) is 3. The molecule has 2 unspecified atom stereocenters. The smallest absolute Gasteiger partial charge is 0.363 e. The van der Waals surface area contributed by atoms with Crippen molar-refractivity contribution in [3.63, 3.8) is 0 Å². The lowest BCUT2D eigenvalue weighted by molar-refractivity contribution is -0.171. The molecular formula is C55H64N4O13. The highest BCUT2D eigenvalue weighted by atomic mass is 16.7. The molecule has 0 fully saturated rings. The van der Waals surface area contributed by atoms with Crippen molar-refractivity contribution in [2.45, 2.75) is 104 Å². The molecule has 5 rings (SSSR count). The summed E-state index contributed by atoms with van der Waals surface area (Å²) in [6.45, 7) is 9.02. The van der Waals surface area contributed by atoms with Crippen LogP contribution in [0.5, 0.6) is 11.5 Å². The molecule has 0 saturated heterocycles. The summed E-state index contributed by atoms with van der Waals surface area (Å²) >= 11 is 0. The van der Waals surface area contributed by atoms with Crippen molar-refractivity contribution in [3.8, 4) is 22.8 Å². The molecular weight excluding hydrogens is 925 g/mol. The molecule has 1 aromatic heterocycles. The van der Waals surface area contributed by atoms with Crippen molar-refractivity contribution < 1.29 is 62.1 Å². The zero-order valence-electron chi connectivity index (χ0n) is 41.6. The van der Waals surface area contributed by atoms with E-state index in [0.717, 1.165) is 17.9 Å². The molecule has 17 heteroatoms. The molecule has 5 aromatic rings. The van der Waals surface area contributed by atoms with Gasteiger partial charge in [0, 0.05) is 12.0 Å². The SMILES string of the molecule is CCCCCC(C(=O)NCNC(=O)c1ccc(-c2ccc(C(=O)NC(CC(=O)O)(Cc3ccccc3)C(=O)OCc3ccccc3)c(OCC)c2)o1)[C@@H](CC)N(C=O)OC(=O)c1ccc(OC)cc1C(C)C. The second-order valence-corrected chi connectivity index (χ2v) is 17.4. The molecule has 4 aromatic carbocycles. The molecule has 17 nitrogen and oxygen atoms in total. The van der Waals surface area contributed by atoms with E-state index in [1.807, 2.05) is 20.8 Å². The number of nitrogens with zero attached hydrogens (tertiary/aromatic N) is 1. The van der Waals surface area contributed by atoms with Gasteiger partial charge < -0.3 is 44.5 Å². The number of rotatable bonds is 28. The van der Waals surface area contributed by atoms with Gasteiger partial charge >= 0.3 is 17.9 Å². The quantitative estimate of drug-likeness (QED) is 0.0121. The second kappa shape index (κ2) is 26.9. The fraction of sp³-hybridized carbons (Fsp3) is 0.364. The summed E-state index contributed by atoms with van der Waals surface area (Å²) in [5.74, 6) is -5.05. The van der Waals surface area contributed by atoms with Gasteiger partial charge in [0.1, 0.15) is 23.9 Å².